The smallest absolute Gasteiger partial charge is 0.168 e. The highest BCUT2D eigenvalue weighted by atomic mass is 32.2. The van der Waals surface area contributed by atoms with Crippen LogP contribution in [0.2, 0.25) is 0 Å². The van der Waals surface area contributed by atoms with E-state index in [4.69, 9.17) is 4.74 Å². The molecule has 0 aromatic rings. The number of allylic oxidation sites excluding steroid dienone is 1. The van der Waals surface area contributed by atoms with Crippen LogP contribution >= 0.6 is 0 Å². The number of unbranched alkanes of at least 4 members (excludes halogenated alkanes) is 1. The van der Waals surface area contributed by atoms with E-state index in [-0.39, 0.29) is 0 Å². The molecule has 66 valence electrons. The first-order valence-electron chi connectivity index (χ1n) is 3.42. The molecule has 0 fully saturated rings. The molecule has 0 saturated carbocycles. The van der Waals surface area contributed by atoms with Crippen LogP contribution in [0.4, 0.5) is 0 Å². The third kappa shape index (κ3) is 9.65. The molecule has 0 aliphatic carbocycles. The van der Waals surface area contributed by atoms with Crippen molar-refractivity contribution >= 4 is 9.84 Å². The van der Waals surface area contributed by atoms with Gasteiger partial charge < -0.3 is 4.74 Å². The predicted octanol–water partition coefficient (Wildman–Crippen LogP) is 0.971. The van der Waals surface area contributed by atoms with Crippen LogP contribution in [0.5, 0.6) is 0 Å². The molecule has 4 heteroatoms. The van der Waals surface area contributed by atoms with Crippen LogP contribution in [0.15, 0.2) is 11.5 Å². The molecule has 0 amide bonds. The molecule has 0 aliphatic rings. The van der Waals surface area contributed by atoms with E-state index in [1.165, 1.54) is 11.7 Å². The second-order valence-corrected chi connectivity index (χ2v) is 4.27. The van der Waals surface area contributed by atoms with Crippen LogP contribution in [-0.2, 0) is 14.6 Å². The summed E-state index contributed by atoms with van der Waals surface area (Å²) in [7, 11) is -1.31. The Hall–Kier alpha value is -0.350. The first-order valence-corrected chi connectivity index (χ1v) is 5.37. The van der Waals surface area contributed by atoms with Gasteiger partial charge in [0.25, 0.3) is 0 Å². The largest absolute Gasteiger partial charge is 0.385 e. The minimum absolute atomic E-state index is 0.675. The molecule has 3 nitrogen and oxygen atoms in total. The Labute approximate surface area is 68.0 Å². The van der Waals surface area contributed by atoms with Gasteiger partial charge in [-0.05, 0) is 12.8 Å². The molecular formula is C7H14O3S. The number of hydrogen-bond acceptors (Lipinski definition) is 3. The van der Waals surface area contributed by atoms with Crippen molar-refractivity contribution in [1.82, 2.24) is 0 Å². The van der Waals surface area contributed by atoms with Gasteiger partial charge in [0, 0.05) is 25.4 Å². The number of rotatable bonds is 5. The van der Waals surface area contributed by atoms with Gasteiger partial charge in [0.2, 0.25) is 0 Å². The summed E-state index contributed by atoms with van der Waals surface area (Å²) in [6, 6.07) is 0. The summed E-state index contributed by atoms with van der Waals surface area (Å²) in [5.41, 5.74) is 0. The number of hydrogen-bond donors (Lipinski definition) is 0. The lowest BCUT2D eigenvalue weighted by atomic mass is 10.3. The van der Waals surface area contributed by atoms with E-state index in [1.54, 1.807) is 13.2 Å². The summed E-state index contributed by atoms with van der Waals surface area (Å²) in [5.74, 6) is 0. The minimum atomic E-state index is -2.93. The van der Waals surface area contributed by atoms with Crippen LogP contribution in [-0.4, -0.2) is 28.4 Å². The molecular weight excluding hydrogens is 164 g/mol. The molecule has 0 radical (unpaired) electrons. The van der Waals surface area contributed by atoms with E-state index in [0.717, 1.165) is 12.8 Å². The van der Waals surface area contributed by atoms with Crippen molar-refractivity contribution in [3.63, 3.8) is 0 Å². The summed E-state index contributed by atoms with van der Waals surface area (Å²) in [5, 5.41) is 1.22. The van der Waals surface area contributed by atoms with Gasteiger partial charge >= 0.3 is 0 Å². The van der Waals surface area contributed by atoms with Crippen LogP contribution in [0.3, 0.4) is 0 Å². The van der Waals surface area contributed by atoms with Gasteiger partial charge in [0.1, 0.15) is 0 Å². The van der Waals surface area contributed by atoms with Crippen LogP contribution < -0.4 is 0 Å². The van der Waals surface area contributed by atoms with Crippen molar-refractivity contribution in [3.8, 4) is 0 Å². The van der Waals surface area contributed by atoms with Gasteiger partial charge in [-0.1, -0.05) is 6.08 Å². The average molecular weight is 178 g/mol. The maximum atomic E-state index is 10.5. The molecule has 0 spiro atoms. The molecule has 0 heterocycles. The number of sulfone groups is 1. The van der Waals surface area contributed by atoms with Crippen molar-refractivity contribution in [2.45, 2.75) is 12.8 Å². The zero-order valence-corrected chi connectivity index (χ0v) is 7.73. The fourth-order valence-corrected chi connectivity index (χ4v) is 1.07. The minimum Gasteiger partial charge on any atom is -0.385 e. The molecule has 0 N–H and O–H groups in total. The Kier molecular flexibility index (Phi) is 5.15. The van der Waals surface area contributed by atoms with Gasteiger partial charge in [-0.25, -0.2) is 8.42 Å². The van der Waals surface area contributed by atoms with E-state index < -0.39 is 9.84 Å². The summed E-state index contributed by atoms with van der Waals surface area (Å²) < 4.78 is 25.9. The van der Waals surface area contributed by atoms with E-state index in [1.807, 2.05) is 0 Å². The Morgan fingerprint density at radius 1 is 1.45 bits per heavy atom. The highest BCUT2D eigenvalue weighted by molar-refractivity contribution is 7.93. The van der Waals surface area contributed by atoms with Gasteiger partial charge in [-0.3, -0.25) is 0 Å². The highest BCUT2D eigenvalue weighted by Gasteiger charge is 1.90. The molecule has 11 heavy (non-hydrogen) atoms. The summed E-state index contributed by atoms with van der Waals surface area (Å²) in [6.45, 7) is 0.675. The zero-order valence-electron chi connectivity index (χ0n) is 6.91. The van der Waals surface area contributed by atoms with Gasteiger partial charge in [0.15, 0.2) is 9.84 Å². The maximum absolute atomic E-state index is 10.5. The zero-order chi connectivity index (χ0) is 8.74. The topological polar surface area (TPSA) is 43.4 Å². The summed E-state index contributed by atoms with van der Waals surface area (Å²) >= 11 is 0. The molecule has 0 aliphatic heterocycles. The lowest BCUT2D eigenvalue weighted by Gasteiger charge is -1.92. The Morgan fingerprint density at radius 3 is 2.55 bits per heavy atom. The first kappa shape index (κ1) is 10.7. The standard InChI is InChI=1S/C7H14O3S/c1-10-6-4-3-5-7-11(2,8)9/h5,7H,3-4,6H2,1-2H3. The van der Waals surface area contributed by atoms with Gasteiger partial charge in [-0.2, -0.15) is 0 Å². The lowest BCUT2D eigenvalue weighted by molar-refractivity contribution is 0.196. The van der Waals surface area contributed by atoms with Crippen LogP contribution in [0.1, 0.15) is 12.8 Å². The predicted molar refractivity (Wildman–Crippen MR) is 45.1 cm³/mol. The van der Waals surface area contributed by atoms with E-state index in [9.17, 15) is 8.42 Å². The van der Waals surface area contributed by atoms with Crippen molar-refractivity contribution < 1.29 is 13.2 Å². The maximum Gasteiger partial charge on any atom is 0.168 e. The second kappa shape index (κ2) is 5.32. The number of ether oxygens (including phenoxy) is 1. The molecule has 0 atom stereocenters. The average Bonchev–Trinajstić information content (AvgIpc) is 1.85. The van der Waals surface area contributed by atoms with Gasteiger partial charge in [-0.15, -0.1) is 0 Å². The molecule has 0 aromatic heterocycles. The first-order chi connectivity index (χ1) is 5.06. The molecule has 0 unspecified atom stereocenters. The van der Waals surface area contributed by atoms with Crippen molar-refractivity contribution in [2.24, 2.45) is 0 Å². The van der Waals surface area contributed by atoms with E-state index >= 15 is 0 Å². The van der Waals surface area contributed by atoms with Crippen LogP contribution in [0.25, 0.3) is 0 Å². The van der Waals surface area contributed by atoms with Gasteiger partial charge in [0.05, 0.1) is 0 Å². The molecule has 0 aromatic carbocycles. The SMILES string of the molecule is COCCCC=CS(C)(=O)=O. The van der Waals surface area contributed by atoms with Crippen LogP contribution in [0, 0.1) is 0 Å². The van der Waals surface area contributed by atoms with E-state index in [0.29, 0.717) is 6.61 Å². The Balaban J connectivity index is 3.46. The molecule has 0 bridgehead atoms. The monoisotopic (exact) mass is 178 g/mol. The highest BCUT2D eigenvalue weighted by Crippen LogP contribution is 1.93. The summed E-state index contributed by atoms with van der Waals surface area (Å²) in [6.07, 6.45) is 4.44. The summed E-state index contributed by atoms with van der Waals surface area (Å²) in [4.78, 5) is 0. The third-order valence-electron chi connectivity index (χ3n) is 1.06. The Bertz CT molecular complexity index is 204. The fraction of sp³-hybridized carbons (Fsp3) is 0.714. The molecule has 0 saturated heterocycles. The fourth-order valence-electron chi connectivity index (χ4n) is 0.588. The lowest BCUT2D eigenvalue weighted by Crippen LogP contribution is -1.89. The normalized spacial score (nSPS) is 12.5. The van der Waals surface area contributed by atoms with Crippen molar-refractivity contribution in [2.75, 3.05) is 20.0 Å². The number of methoxy groups -OCH3 is 1. The van der Waals surface area contributed by atoms with E-state index in [2.05, 4.69) is 0 Å². The van der Waals surface area contributed by atoms with Crippen molar-refractivity contribution in [3.05, 3.63) is 11.5 Å². The third-order valence-corrected chi connectivity index (χ3v) is 1.75. The Morgan fingerprint density at radius 2 is 2.09 bits per heavy atom. The second-order valence-electron chi connectivity index (χ2n) is 2.34. The van der Waals surface area contributed by atoms with Crippen molar-refractivity contribution in [1.29, 1.82) is 0 Å². The quantitative estimate of drug-likeness (QED) is 0.589. The molecule has 0 rings (SSSR count).